The Hall–Kier alpha value is -2.80. The van der Waals surface area contributed by atoms with Crippen molar-refractivity contribution in [1.29, 1.82) is 0 Å². The maximum Gasteiger partial charge on any atom is 0.274 e. The third-order valence-electron chi connectivity index (χ3n) is 5.31. The van der Waals surface area contributed by atoms with E-state index in [1.165, 1.54) is 18.6 Å². The average Bonchev–Trinajstić information content (AvgIpc) is 2.80. The van der Waals surface area contributed by atoms with Gasteiger partial charge in [0.25, 0.3) is 5.91 Å². The average molecular weight is 426 g/mol. The molecule has 7 heteroatoms. The molecule has 2 aromatic rings. The first-order valence-corrected chi connectivity index (χ1v) is 11.1. The summed E-state index contributed by atoms with van der Waals surface area (Å²) >= 11 is 0. The molecule has 0 saturated carbocycles. The van der Waals surface area contributed by atoms with Gasteiger partial charge < -0.3 is 15.1 Å². The number of carbonyl (C=O) groups excluding carboxylic acids is 2. The van der Waals surface area contributed by atoms with Crippen LogP contribution in [0.1, 0.15) is 56.1 Å². The molecular weight excluding hydrogens is 390 g/mol. The third kappa shape index (κ3) is 8.84. The molecule has 0 bridgehead atoms. The highest BCUT2D eigenvalue weighted by molar-refractivity contribution is 5.92. The SMILES string of the molecule is CCN(CC)CCC[C@@H](C)NC(=O)CCN(Cc1ccccc1)C(=O)c1cnccn1. The van der Waals surface area contributed by atoms with Crippen LogP contribution in [-0.4, -0.2) is 63.8 Å². The monoisotopic (exact) mass is 425 g/mol. The molecule has 0 aliphatic heterocycles. The van der Waals surface area contributed by atoms with Gasteiger partial charge in [-0.3, -0.25) is 14.6 Å². The van der Waals surface area contributed by atoms with Crippen molar-refractivity contribution >= 4 is 11.8 Å². The molecule has 0 aliphatic rings. The van der Waals surface area contributed by atoms with E-state index in [-0.39, 0.29) is 30.0 Å². The number of benzene rings is 1. The predicted octanol–water partition coefficient (Wildman–Crippen LogP) is 3.14. The second kappa shape index (κ2) is 13.5. The van der Waals surface area contributed by atoms with Crippen molar-refractivity contribution in [2.75, 3.05) is 26.2 Å². The standard InChI is InChI=1S/C24H35N5O2/c1-4-28(5-2)16-9-10-20(3)27-23(30)13-17-29(19-21-11-7-6-8-12-21)24(31)22-18-25-14-15-26-22/h6-8,11-12,14-15,18,20H,4-5,9-10,13,16-17,19H2,1-3H3,(H,27,30)/t20-/m1/s1. The molecule has 1 aromatic carbocycles. The van der Waals surface area contributed by atoms with Crippen LogP contribution in [0.2, 0.25) is 0 Å². The molecule has 0 spiro atoms. The van der Waals surface area contributed by atoms with Gasteiger partial charge in [0.2, 0.25) is 5.91 Å². The quantitative estimate of drug-likeness (QED) is 0.533. The molecule has 31 heavy (non-hydrogen) atoms. The van der Waals surface area contributed by atoms with Crippen molar-refractivity contribution in [3.8, 4) is 0 Å². The summed E-state index contributed by atoms with van der Waals surface area (Å²) in [5, 5.41) is 3.06. The van der Waals surface area contributed by atoms with E-state index in [9.17, 15) is 9.59 Å². The van der Waals surface area contributed by atoms with Crippen molar-refractivity contribution < 1.29 is 9.59 Å². The lowest BCUT2D eigenvalue weighted by molar-refractivity contribution is -0.121. The minimum Gasteiger partial charge on any atom is -0.354 e. The lowest BCUT2D eigenvalue weighted by atomic mass is 10.1. The van der Waals surface area contributed by atoms with Crippen molar-refractivity contribution in [2.24, 2.45) is 0 Å². The van der Waals surface area contributed by atoms with Gasteiger partial charge in [-0.15, -0.1) is 0 Å². The fraction of sp³-hybridized carbons (Fsp3) is 0.500. The van der Waals surface area contributed by atoms with Gasteiger partial charge in [-0.25, -0.2) is 4.98 Å². The number of nitrogens with one attached hydrogen (secondary N) is 1. The zero-order valence-electron chi connectivity index (χ0n) is 19.0. The number of rotatable bonds is 13. The van der Waals surface area contributed by atoms with Gasteiger partial charge in [-0.2, -0.15) is 0 Å². The highest BCUT2D eigenvalue weighted by Gasteiger charge is 2.19. The first-order valence-electron chi connectivity index (χ1n) is 11.1. The zero-order valence-corrected chi connectivity index (χ0v) is 19.0. The normalized spacial score (nSPS) is 11.9. The van der Waals surface area contributed by atoms with E-state index in [0.717, 1.165) is 38.0 Å². The maximum absolute atomic E-state index is 12.9. The summed E-state index contributed by atoms with van der Waals surface area (Å²) < 4.78 is 0. The minimum atomic E-state index is -0.225. The van der Waals surface area contributed by atoms with Crippen molar-refractivity contribution in [2.45, 2.75) is 52.6 Å². The maximum atomic E-state index is 12.9. The van der Waals surface area contributed by atoms with Crippen LogP contribution in [0.4, 0.5) is 0 Å². The van der Waals surface area contributed by atoms with Gasteiger partial charge in [-0.1, -0.05) is 44.2 Å². The van der Waals surface area contributed by atoms with Gasteiger partial charge in [0.15, 0.2) is 0 Å². The van der Waals surface area contributed by atoms with Crippen LogP contribution in [0.25, 0.3) is 0 Å². The molecule has 2 rings (SSSR count). The summed E-state index contributed by atoms with van der Waals surface area (Å²) in [5.74, 6) is -0.266. The zero-order chi connectivity index (χ0) is 22.5. The summed E-state index contributed by atoms with van der Waals surface area (Å²) in [5.41, 5.74) is 1.29. The Morgan fingerprint density at radius 2 is 1.81 bits per heavy atom. The molecule has 0 unspecified atom stereocenters. The first kappa shape index (κ1) is 24.5. The van der Waals surface area contributed by atoms with E-state index < -0.39 is 0 Å². The fourth-order valence-corrected chi connectivity index (χ4v) is 3.44. The van der Waals surface area contributed by atoms with Crippen LogP contribution < -0.4 is 5.32 Å². The summed E-state index contributed by atoms with van der Waals surface area (Å²) in [4.78, 5) is 37.6. The van der Waals surface area contributed by atoms with Crippen LogP contribution in [0.3, 0.4) is 0 Å². The molecule has 168 valence electrons. The molecule has 1 heterocycles. The number of nitrogens with zero attached hydrogens (tertiary/aromatic N) is 4. The van der Waals surface area contributed by atoms with Gasteiger partial charge in [0.05, 0.1) is 6.20 Å². The second-order valence-corrected chi connectivity index (χ2v) is 7.69. The molecule has 0 radical (unpaired) electrons. The largest absolute Gasteiger partial charge is 0.354 e. The molecule has 2 amide bonds. The number of aromatic nitrogens is 2. The lowest BCUT2D eigenvalue weighted by Crippen LogP contribution is -2.38. The topological polar surface area (TPSA) is 78.4 Å². The first-order chi connectivity index (χ1) is 15.0. The smallest absolute Gasteiger partial charge is 0.274 e. The van der Waals surface area contributed by atoms with Gasteiger partial charge in [-0.05, 0) is 45.0 Å². The Morgan fingerprint density at radius 1 is 1.06 bits per heavy atom. The number of hydrogen-bond donors (Lipinski definition) is 1. The number of carbonyl (C=O) groups is 2. The van der Waals surface area contributed by atoms with Gasteiger partial charge in [0.1, 0.15) is 5.69 Å². The summed E-state index contributed by atoms with van der Waals surface area (Å²) in [6, 6.07) is 9.86. The summed E-state index contributed by atoms with van der Waals surface area (Å²) in [6.07, 6.45) is 6.73. The van der Waals surface area contributed by atoms with Gasteiger partial charge in [0, 0.05) is 37.9 Å². The van der Waals surface area contributed by atoms with Crippen LogP contribution in [0, 0.1) is 0 Å². The van der Waals surface area contributed by atoms with Crippen LogP contribution in [-0.2, 0) is 11.3 Å². The summed E-state index contributed by atoms with van der Waals surface area (Å²) in [6.45, 7) is 10.3. The molecule has 7 nitrogen and oxygen atoms in total. The van der Waals surface area contributed by atoms with E-state index >= 15 is 0 Å². The van der Waals surface area contributed by atoms with Crippen LogP contribution >= 0.6 is 0 Å². The Balaban J connectivity index is 1.88. The molecular formula is C24H35N5O2. The van der Waals surface area contributed by atoms with E-state index in [2.05, 4.69) is 34.0 Å². The van der Waals surface area contributed by atoms with E-state index in [1.807, 2.05) is 37.3 Å². The Morgan fingerprint density at radius 3 is 2.45 bits per heavy atom. The van der Waals surface area contributed by atoms with Crippen molar-refractivity contribution in [3.63, 3.8) is 0 Å². The number of hydrogen-bond acceptors (Lipinski definition) is 5. The van der Waals surface area contributed by atoms with Crippen molar-refractivity contribution in [3.05, 3.63) is 60.2 Å². The molecule has 0 saturated heterocycles. The number of amides is 2. The molecule has 0 fully saturated rings. The Labute approximate surface area is 185 Å². The highest BCUT2D eigenvalue weighted by Crippen LogP contribution is 2.09. The van der Waals surface area contributed by atoms with E-state index in [0.29, 0.717) is 13.1 Å². The van der Waals surface area contributed by atoms with Crippen LogP contribution in [0.15, 0.2) is 48.9 Å². The molecule has 1 atom stereocenters. The predicted molar refractivity (Wildman–Crippen MR) is 122 cm³/mol. The lowest BCUT2D eigenvalue weighted by Gasteiger charge is -2.23. The molecule has 1 aromatic heterocycles. The van der Waals surface area contributed by atoms with Crippen molar-refractivity contribution in [1.82, 2.24) is 25.1 Å². The fourth-order valence-electron chi connectivity index (χ4n) is 3.44. The molecule has 1 N–H and O–H groups in total. The van der Waals surface area contributed by atoms with E-state index in [1.54, 1.807) is 4.90 Å². The highest BCUT2D eigenvalue weighted by atomic mass is 16.2. The third-order valence-corrected chi connectivity index (χ3v) is 5.31. The van der Waals surface area contributed by atoms with E-state index in [4.69, 9.17) is 0 Å². The summed E-state index contributed by atoms with van der Waals surface area (Å²) in [7, 11) is 0. The Kier molecular flexibility index (Phi) is 10.6. The minimum absolute atomic E-state index is 0.0413. The Bertz CT molecular complexity index is 781. The van der Waals surface area contributed by atoms with Gasteiger partial charge >= 0.3 is 0 Å². The second-order valence-electron chi connectivity index (χ2n) is 7.69. The van der Waals surface area contributed by atoms with Crippen LogP contribution in [0.5, 0.6) is 0 Å². The molecule has 0 aliphatic carbocycles.